The fraction of sp³-hybridized carbons (Fsp3) is 0.556. The van der Waals surface area contributed by atoms with Crippen LogP contribution in [0.5, 0.6) is 0 Å². The largest absolute Gasteiger partial charge is 0.444 e. The van der Waals surface area contributed by atoms with E-state index in [1.807, 2.05) is 25.7 Å². The molecule has 2 amide bonds. The third kappa shape index (κ3) is 3.86. The van der Waals surface area contributed by atoms with Crippen molar-refractivity contribution in [2.75, 3.05) is 37.6 Å². The SMILES string of the molecule is CC(C)(C)OC(=O)N1CCN(c2cc3c(cc2F)CCNC3=O)CC1. The first-order chi connectivity index (χ1) is 11.7. The van der Waals surface area contributed by atoms with Gasteiger partial charge in [-0.3, -0.25) is 4.79 Å². The molecule has 0 unspecified atom stereocenters. The molecule has 1 fully saturated rings. The van der Waals surface area contributed by atoms with Crippen molar-refractivity contribution in [2.45, 2.75) is 32.8 Å². The molecule has 2 aliphatic heterocycles. The van der Waals surface area contributed by atoms with E-state index in [2.05, 4.69) is 5.32 Å². The quantitative estimate of drug-likeness (QED) is 0.844. The lowest BCUT2D eigenvalue weighted by Crippen LogP contribution is -2.50. The highest BCUT2D eigenvalue weighted by Gasteiger charge is 2.28. The number of rotatable bonds is 1. The van der Waals surface area contributed by atoms with E-state index in [1.54, 1.807) is 11.0 Å². The van der Waals surface area contributed by atoms with Gasteiger partial charge in [-0.05, 0) is 44.9 Å². The predicted molar refractivity (Wildman–Crippen MR) is 92.5 cm³/mol. The highest BCUT2D eigenvalue weighted by molar-refractivity contribution is 5.97. The van der Waals surface area contributed by atoms with Gasteiger partial charge >= 0.3 is 6.09 Å². The van der Waals surface area contributed by atoms with Crippen LogP contribution >= 0.6 is 0 Å². The molecule has 1 aromatic rings. The maximum atomic E-state index is 14.5. The van der Waals surface area contributed by atoms with Crippen LogP contribution in [0.2, 0.25) is 0 Å². The summed E-state index contributed by atoms with van der Waals surface area (Å²) < 4.78 is 19.9. The van der Waals surface area contributed by atoms with Crippen molar-refractivity contribution < 1.29 is 18.7 Å². The number of carbonyl (C=O) groups excluding carboxylic acids is 2. The Balaban J connectivity index is 1.70. The van der Waals surface area contributed by atoms with E-state index < -0.39 is 5.60 Å². The van der Waals surface area contributed by atoms with Crippen molar-refractivity contribution in [1.29, 1.82) is 0 Å². The summed E-state index contributed by atoms with van der Waals surface area (Å²) in [6.45, 7) is 7.93. The molecule has 3 rings (SSSR count). The van der Waals surface area contributed by atoms with E-state index in [4.69, 9.17) is 4.74 Å². The Hall–Kier alpha value is -2.31. The van der Waals surface area contributed by atoms with Crippen molar-refractivity contribution in [2.24, 2.45) is 0 Å². The molecule has 136 valence electrons. The van der Waals surface area contributed by atoms with Crippen LogP contribution in [0.25, 0.3) is 0 Å². The van der Waals surface area contributed by atoms with Crippen molar-refractivity contribution in [3.05, 3.63) is 29.1 Å². The zero-order valence-corrected chi connectivity index (χ0v) is 14.9. The monoisotopic (exact) mass is 349 g/mol. The molecule has 1 saturated heterocycles. The van der Waals surface area contributed by atoms with Crippen LogP contribution in [0, 0.1) is 5.82 Å². The summed E-state index contributed by atoms with van der Waals surface area (Å²) in [7, 11) is 0. The van der Waals surface area contributed by atoms with E-state index >= 15 is 0 Å². The van der Waals surface area contributed by atoms with Crippen LogP contribution in [-0.2, 0) is 11.2 Å². The molecule has 1 aromatic carbocycles. The smallest absolute Gasteiger partial charge is 0.410 e. The van der Waals surface area contributed by atoms with Gasteiger partial charge in [0, 0.05) is 38.3 Å². The average molecular weight is 349 g/mol. The predicted octanol–water partition coefficient (Wildman–Crippen LogP) is 2.17. The highest BCUT2D eigenvalue weighted by atomic mass is 19.1. The number of benzene rings is 1. The molecule has 0 saturated carbocycles. The number of halogens is 1. The minimum Gasteiger partial charge on any atom is -0.444 e. The lowest BCUT2D eigenvalue weighted by Gasteiger charge is -2.37. The van der Waals surface area contributed by atoms with Gasteiger partial charge in [0.05, 0.1) is 5.69 Å². The molecule has 2 aliphatic rings. The van der Waals surface area contributed by atoms with Gasteiger partial charge in [0.15, 0.2) is 0 Å². The van der Waals surface area contributed by atoms with Crippen LogP contribution in [0.4, 0.5) is 14.9 Å². The van der Waals surface area contributed by atoms with Crippen molar-refractivity contribution >= 4 is 17.7 Å². The summed E-state index contributed by atoms with van der Waals surface area (Å²) in [6.07, 6.45) is 0.294. The van der Waals surface area contributed by atoms with Gasteiger partial charge in [0.25, 0.3) is 5.91 Å². The van der Waals surface area contributed by atoms with E-state index in [0.717, 1.165) is 5.56 Å². The Labute approximate surface area is 146 Å². The maximum absolute atomic E-state index is 14.5. The van der Waals surface area contributed by atoms with Crippen LogP contribution in [0.1, 0.15) is 36.7 Å². The molecule has 0 bridgehead atoms. The zero-order valence-electron chi connectivity index (χ0n) is 14.9. The summed E-state index contributed by atoms with van der Waals surface area (Å²) in [5.74, 6) is -0.478. The number of hydrogen-bond acceptors (Lipinski definition) is 4. The number of hydrogen-bond donors (Lipinski definition) is 1. The number of amides is 2. The van der Waals surface area contributed by atoms with E-state index in [-0.39, 0.29) is 17.8 Å². The normalized spacial score (nSPS) is 17.8. The standard InChI is InChI=1S/C18H24FN3O3/c1-18(2,3)25-17(24)22-8-6-21(7-9-22)15-11-13-12(10-14(15)19)4-5-20-16(13)23/h10-11H,4-9H2,1-3H3,(H,20,23). The first-order valence-corrected chi connectivity index (χ1v) is 8.58. The zero-order chi connectivity index (χ0) is 18.2. The number of carbonyl (C=O) groups is 2. The summed E-state index contributed by atoms with van der Waals surface area (Å²) in [5.41, 5.74) is 1.17. The van der Waals surface area contributed by atoms with Gasteiger partial charge < -0.3 is 19.9 Å². The number of nitrogens with one attached hydrogen (secondary N) is 1. The van der Waals surface area contributed by atoms with E-state index in [9.17, 15) is 14.0 Å². The molecular weight excluding hydrogens is 325 g/mol. The molecule has 0 radical (unpaired) electrons. The average Bonchev–Trinajstić information content (AvgIpc) is 2.53. The first-order valence-electron chi connectivity index (χ1n) is 8.58. The summed E-state index contributed by atoms with van der Waals surface area (Å²) >= 11 is 0. The Morgan fingerprint density at radius 2 is 1.88 bits per heavy atom. The molecule has 1 N–H and O–H groups in total. The van der Waals surface area contributed by atoms with Gasteiger partial charge in [-0.1, -0.05) is 0 Å². The number of ether oxygens (including phenoxy) is 1. The second kappa shape index (κ2) is 6.54. The minimum atomic E-state index is -0.536. The number of piperazine rings is 1. The van der Waals surface area contributed by atoms with Gasteiger partial charge in [-0.2, -0.15) is 0 Å². The maximum Gasteiger partial charge on any atom is 0.410 e. The van der Waals surface area contributed by atoms with Gasteiger partial charge in [0.1, 0.15) is 11.4 Å². The second-order valence-electron chi connectivity index (χ2n) is 7.42. The summed E-state index contributed by atoms with van der Waals surface area (Å²) in [4.78, 5) is 27.6. The molecule has 0 atom stereocenters. The molecule has 0 spiro atoms. The Bertz CT molecular complexity index is 692. The fourth-order valence-corrected chi connectivity index (χ4v) is 3.13. The molecular formula is C18H24FN3O3. The molecule has 6 nitrogen and oxygen atoms in total. The molecule has 0 aromatic heterocycles. The van der Waals surface area contributed by atoms with Crippen LogP contribution in [0.3, 0.4) is 0 Å². The lowest BCUT2D eigenvalue weighted by atomic mass is 9.99. The third-order valence-electron chi connectivity index (χ3n) is 4.37. The molecule has 25 heavy (non-hydrogen) atoms. The second-order valence-corrected chi connectivity index (χ2v) is 7.42. The molecule has 0 aliphatic carbocycles. The van der Waals surface area contributed by atoms with E-state index in [0.29, 0.717) is 50.4 Å². The number of fused-ring (bicyclic) bond motifs is 1. The summed E-state index contributed by atoms with van der Waals surface area (Å²) in [6, 6.07) is 3.09. The van der Waals surface area contributed by atoms with Crippen LogP contribution < -0.4 is 10.2 Å². The van der Waals surface area contributed by atoms with Crippen LogP contribution in [0.15, 0.2) is 12.1 Å². The van der Waals surface area contributed by atoms with Gasteiger partial charge in [-0.15, -0.1) is 0 Å². The minimum absolute atomic E-state index is 0.158. The van der Waals surface area contributed by atoms with Crippen molar-refractivity contribution in [1.82, 2.24) is 10.2 Å². The molecule has 7 heteroatoms. The van der Waals surface area contributed by atoms with Crippen molar-refractivity contribution in [3.63, 3.8) is 0 Å². The summed E-state index contributed by atoms with van der Waals surface area (Å²) in [5, 5.41) is 2.78. The lowest BCUT2D eigenvalue weighted by molar-refractivity contribution is 0.0240. The third-order valence-corrected chi connectivity index (χ3v) is 4.37. The van der Waals surface area contributed by atoms with Crippen molar-refractivity contribution in [3.8, 4) is 0 Å². The highest BCUT2D eigenvalue weighted by Crippen LogP contribution is 2.27. The Morgan fingerprint density at radius 1 is 1.20 bits per heavy atom. The Kier molecular flexibility index (Phi) is 4.58. The van der Waals surface area contributed by atoms with Crippen LogP contribution in [-0.4, -0.2) is 55.2 Å². The fourth-order valence-electron chi connectivity index (χ4n) is 3.13. The molecule has 2 heterocycles. The number of anilines is 1. The number of nitrogens with zero attached hydrogens (tertiary/aromatic N) is 2. The van der Waals surface area contributed by atoms with Gasteiger partial charge in [0.2, 0.25) is 0 Å². The van der Waals surface area contributed by atoms with E-state index in [1.165, 1.54) is 6.07 Å². The first kappa shape index (κ1) is 17.5. The Morgan fingerprint density at radius 3 is 2.52 bits per heavy atom. The topological polar surface area (TPSA) is 61.9 Å². The van der Waals surface area contributed by atoms with Gasteiger partial charge in [-0.25, -0.2) is 9.18 Å².